The molecule has 2 aromatic carbocycles. The van der Waals surface area contributed by atoms with Gasteiger partial charge in [-0.1, -0.05) is 23.4 Å². The first-order chi connectivity index (χ1) is 12.5. The second-order valence-corrected chi connectivity index (χ2v) is 5.76. The van der Waals surface area contributed by atoms with Crippen molar-refractivity contribution in [2.75, 3.05) is 0 Å². The van der Waals surface area contributed by atoms with Crippen LogP contribution in [0.25, 0.3) is 0 Å². The molecular formula is C19H16FN3O3. The minimum absolute atomic E-state index is 0.213. The molecule has 0 bridgehead atoms. The highest BCUT2D eigenvalue weighted by molar-refractivity contribution is 6.15. The first-order valence-corrected chi connectivity index (χ1v) is 7.96. The topological polar surface area (TPSA) is 85.1 Å². The monoisotopic (exact) mass is 353 g/mol. The standard InChI is InChI=1S/C19H16FN3O3/c1-11(19-22-12(2)23-26-19)21-18(25)16-6-4-3-5-15(16)17(24)13-7-9-14(20)10-8-13/h3-11H,1-2H3,(H,21,25)/t11-/m0/s1. The summed E-state index contributed by atoms with van der Waals surface area (Å²) in [6.45, 7) is 3.38. The molecule has 3 aromatic rings. The van der Waals surface area contributed by atoms with E-state index in [0.29, 0.717) is 11.4 Å². The molecule has 3 rings (SSSR count). The van der Waals surface area contributed by atoms with Gasteiger partial charge in [0, 0.05) is 11.1 Å². The Bertz CT molecular complexity index is 951. The molecule has 0 aliphatic rings. The van der Waals surface area contributed by atoms with Gasteiger partial charge in [-0.3, -0.25) is 9.59 Å². The van der Waals surface area contributed by atoms with Crippen molar-refractivity contribution in [3.05, 3.63) is 82.8 Å². The molecule has 132 valence electrons. The molecule has 0 saturated heterocycles. The molecule has 1 heterocycles. The number of nitrogens with zero attached hydrogens (tertiary/aromatic N) is 2. The van der Waals surface area contributed by atoms with Gasteiger partial charge in [-0.05, 0) is 44.2 Å². The van der Waals surface area contributed by atoms with Gasteiger partial charge in [-0.15, -0.1) is 0 Å². The van der Waals surface area contributed by atoms with Gasteiger partial charge in [0.25, 0.3) is 5.91 Å². The summed E-state index contributed by atoms with van der Waals surface area (Å²) < 4.78 is 18.1. The van der Waals surface area contributed by atoms with Crippen molar-refractivity contribution in [2.45, 2.75) is 19.9 Å². The number of amides is 1. The molecule has 0 fully saturated rings. The van der Waals surface area contributed by atoms with Crippen LogP contribution in [0.4, 0.5) is 4.39 Å². The normalized spacial score (nSPS) is 11.8. The Morgan fingerprint density at radius 1 is 1.08 bits per heavy atom. The molecule has 6 nitrogen and oxygen atoms in total. The van der Waals surface area contributed by atoms with Crippen LogP contribution in [0.2, 0.25) is 0 Å². The van der Waals surface area contributed by atoms with Gasteiger partial charge in [0.05, 0.1) is 5.56 Å². The average Bonchev–Trinajstić information content (AvgIpc) is 3.08. The fourth-order valence-electron chi connectivity index (χ4n) is 2.46. The van der Waals surface area contributed by atoms with E-state index in [1.54, 1.807) is 38.1 Å². The zero-order chi connectivity index (χ0) is 18.7. The molecule has 0 radical (unpaired) electrons. The molecule has 0 unspecified atom stereocenters. The lowest BCUT2D eigenvalue weighted by Gasteiger charge is -2.12. The second kappa shape index (κ2) is 7.26. The summed E-state index contributed by atoms with van der Waals surface area (Å²) in [5.41, 5.74) is 0.739. The number of hydrogen-bond donors (Lipinski definition) is 1. The van der Waals surface area contributed by atoms with Gasteiger partial charge in [-0.2, -0.15) is 4.98 Å². The molecule has 0 saturated carbocycles. The summed E-state index contributed by atoms with van der Waals surface area (Å²) in [6, 6.07) is 11.1. The Hall–Kier alpha value is -3.35. The largest absolute Gasteiger partial charge is 0.340 e. The summed E-state index contributed by atoms with van der Waals surface area (Å²) in [5, 5.41) is 6.42. The number of aryl methyl sites for hydroxylation is 1. The van der Waals surface area contributed by atoms with E-state index in [2.05, 4.69) is 15.5 Å². The van der Waals surface area contributed by atoms with Gasteiger partial charge < -0.3 is 9.84 Å². The molecule has 1 atom stereocenters. The number of nitrogens with one attached hydrogen (secondary N) is 1. The van der Waals surface area contributed by atoms with E-state index in [4.69, 9.17) is 4.52 Å². The number of hydrogen-bond acceptors (Lipinski definition) is 5. The third-order valence-corrected chi connectivity index (χ3v) is 3.78. The van der Waals surface area contributed by atoms with Crippen LogP contribution in [0.3, 0.4) is 0 Å². The van der Waals surface area contributed by atoms with E-state index in [1.807, 2.05) is 0 Å². The SMILES string of the molecule is Cc1noc([C@H](C)NC(=O)c2ccccc2C(=O)c2ccc(F)cc2)n1. The smallest absolute Gasteiger partial charge is 0.252 e. The van der Waals surface area contributed by atoms with Crippen LogP contribution in [0.15, 0.2) is 53.1 Å². The van der Waals surface area contributed by atoms with E-state index in [0.717, 1.165) is 0 Å². The van der Waals surface area contributed by atoms with E-state index in [-0.39, 0.29) is 22.8 Å². The highest BCUT2D eigenvalue weighted by atomic mass is 19.1. The van der Waals surface area contributed by atoms with Crippen LogP contribution < -0.4 is 5.32 Å². The fraction of sp³-hybridized carbons (Fsp3) is 0.158. The lowest BCUT2D eigenvalue weighted by Crippen LogP contribution is -2.28. The Morgan fingerprint density at radius 2 is 1.73 bits per heavy atom. The van der Waals surface area contributed by atoms with E-state index < -0.39 is 17.8 Å². The van der Waals surface area contributed by atoms with Crippen molar-refractivity contribution in [3.8, 4) is 0 Å². The van der Waals surface area contributed by atoms with Crippen LogP contribution in [0.5, 0.6) is 0 Å². The highest BCUT2D eigenvalue weighted by Gasteiger charge is 2.21. The first-order valence-electron chi connectivity index (χ1n) is 7.96. The van der Waals surface area contributed by atoms with Crippen LogP contribution >= 0.6 is 0 Å². The van der Waals surface area contributed by atoms with E-state index >= 15 is 0 Å². The maximum absolute atomic E-state index is 13.1. The van der Waals surface area contributed by atoms with Gasteiger partial charge in [0.2, 0.25) is 5.89 Å². The fourth-order valence-corrected chi connectivity index (χ4v) is 2.46. The Kier molecular flexibility index (Phi) is 4.88. The van der Waals surface area contributed by atoms with Crippen molar-refractivity contribution in [3.63, 3.8) is 0 Å². The molecule has 1 amide bonds. The summed E-state index contributed by atoms with van der Waals surface area (Å²) in [7, 11) is 0. The quantitative estimate of drug-likeness (QED) is 0.712. The summed E-state index contributed by atoms with van der Waals surface area (Å²) >= 11 is 0. The van der Waals surface area contributed by atoms with Crippen molar-refractivity contribution in [1.82, 2.24) is 15.5 Å². The zero-order valence-electron chi connectivity index (χ0n) is 14.2. The summed E-state index contributed by atoms with van der Waals surface area (Å²) in [6.07, 6.45) is 0. The third-order valence-electron chi connectivity index (χ3n) is 3.78. The van der Waals surface area contributed by atoms with Gasteiger partial charge >= 0.3 is 0 Å². The third kappa shape index (κ3) is 3.66. The van der Waals surface area contributed by atoms with Gasteiger partial charge in [-0.25, -0.2) is 4.39 Å². The lowest BCUT2D eigenvalue weighted by atomic mass is 9.97. The number of carbonyl (C=O) groups is 2. The van der Waals surface area contributed by atoms with Crippen LogP contribution in [0.1, 0.15) is 51.0 Å². The van der Waals surface area contributed by atoms with Crippen molar-refractivity contribution in [1.29, 1.82) is 0 Å². The summed E-state index contributed by atoms with van der Waals surface area (Å²) in [5.74, 6) is -0.501. The molecular weight excluding hydrogens is 337 g/mol. The second-order valence-electron chi connectivity index (χ2n) is 5.76. The number of rotatable bonds is 5. The molecule has 7 heteroatoms. The van der Waals surface area contributed by atoms with Crippen molar-refractivity contribution < 1.29 is 18.5 Å². The van der Waals surface area contributed by atoms with Crippen molar-refractivity contribution in [2.24, 2.45) is 0 Å². The minimum atomic E-state index is -0.516. The van der Waals surface area contributed by atoms with Gasteiger partial charge in [0.1, 0.15) is 11.9 Å². The number of benzene rings is 2. The van der Waals surface area contributed by atoms with E-state index in [9.17, 15) is 14.0 Å². The molecule has 0 aliphatic heterocycles. The summed E-state index contributed by atoms with van der Waals surface area (Å²) in [4.78, 5) is 29.4. The molecule has 26 heavy (non-hydrogen) atoms. The van der Waals surface area contributed by atoms with Crippen LogP contribution in [-0.2, 0) is 0 Å². The molecule has 0 aliphatic carbocycles. The number of carbonyl (C=O) groups excluding carboxylic acids is 2. The first kappa shape index (κ1) is 17.5. The lowest BCUT2D eigenvalue weighted by molar-refractivity contribution is 0.0923. The Morgan fingerprint density at radius 3 is 2.35 bits per heavy atom. The molecule has 0 spiro atoms. The average molecular weight is 353 g/mol. The Labute approximate surface area is 149 Å². The number of aromatic nitrogens is 2. The van der Waals surface area contributed by atoms with Crippen molar-refractivity contribution >= 4 is 11.7 Å². The maximum atomic E-state index is 13.1. The highest BCUT2D eigenvalue weighted by Crippen LogP contribution is 2.17. The predicted octanol–water partition coefficient (Wildman–Crippen LogP) is 3.24. The van der Waals surface area contributed by atoms with E-state index in [1.165, 1.54) is 24.3 Å². The number of halogens is 1. The molecule has 1 aromatic heterocycles. The van der Waals surface area contributed by atoms with Crippen LogP contribution in [-0.4, -0.2) is 21.8 Å². The zero-order valence-corrected chi connectivity index (χ0v) is 14.2. The number of ketones is 1. The maximum Gasteiger partial charge on any atom is 0.252 e. The van der Waals surface area contributed by atoms with Crippen LogP contribution in [0, 0.1) is 12.7 Å². The minimum Gasteiger partial charge on any atom is -0.340 e. The van der Waals surface area contributed by atoms with Gasteiger partial charge in [0.15, 0.2) is 11.6 Å². The molecule has 1 N–H and O–H groups in total. The predicted molar refractivity (Wildman–Crippen MR) is 91.2 cm³/mol. The Balaban J connectivity index is 1.85.